The average Bonchev–Trinajstić information content (AvgIpc) is 3.52. The van der Waals surface area contributed by atoms with Crippen LogP contribution in [0.1, 0.15) is 6.04 Å². The number of aromatic nitrogens is 4. The van der Waals surface area contributed by atoms with Crippen LogP contribution in [-0.4, -0.2) is 88.7 Å². The van der Waals surface area contributed by atoms with Crippen molar-refractivity contribution in [1.29, 1.82) is 0 Å². The minimum absolute atomic E-state index is 0.173. The van der Waals surface area contributed by atoms with E-state index in [1.54, 1.807) is 10.7 Å². The highest BCUT2D eigenvalue weighted by Crippen LogP contribution is 2.38. The summed E-state index contributed by atoms with van der Waals surface area (Å²) in [4.78, 5) is 22.5. The Morgan fingerprint density at radius 1 is 1.16 bits per heavy atom. The van der Waals surface area contributed by atoms with Crippen LogP contribution in [0, 0.1) is 0 Å². The third-order valence-electron chi connectivity index (χ3n) is 5.27. The van der Waals surface area contributed by atoms with E-state index in [0.29, 0.717) is 23.9 Å². The topological polar surface area (TPSA) is 156 Å². The molecule has 2 N–H and O–H groups in total. The first-order valence-corrected chi connectivity index (χ1v) is 9.60. The van der Waals surface area contributed by atoms with Gasteiger partial charge >= 0.3 is 5.97 Å². The standard InChI is InChI=1S/C18H19N5O8/c24-14(6-27-7-15(25)26)19-10-4-28-17-11(5-29-16(10)17)23-18(20-21-22-23)9-1-2-12-13(3-9)31-8-30-12/h1-3,10-11,16-17H,4-8H2,(H,19,24)(H,25,26). The monoisotopic (exact) mass is 433 g/mol. The Bertz CT molecular complexity index is 997. The Hall–Kier alpha value is -3.29. The molecule has 4 unspecified atom stereocenters. The van der Waals surface area contributed by atoms with Gasteiger partial charge in [0.05, 0.1) is 19.3 Å². The number of ether oxygens (including phenoxy) is 5. The number of hydrogen-bond acceptors (Lipinski definition) is 10. The average molecular weight is 433 g/mol. The van der Waals surface area contributed by atoms with Gasteiger partial charge < -0.3 is 34.1 Å². The van der Waals surface area contributed by atoms with Gasteiger partial charge in [0.2, 0.25) is 12.7 Å². The lowest BCUT2D eigenvalue weighted by atomic mass is 10.1. The predicted molar refractivity (Wildman–Crippen MR) is 98.3 cm³/mol. The molecule has 0 radical (unpaired) electrons. The van der Waals surface area contributed by atoms with Crippen molar-refractivity contribution >= 4 is 11.9 Å². The molecule has 0 saturated carbocycles. The SMILES string of the molecule is O=C(O)COCC(=O)NC1COC2C1OCC2n1nnnc1-c1ccc2c(c1)OCO2. The second-order valence-electron chi connectivity index (χ2n) is 7.24. The van der Waals surface area contributed by atoms with E-state index in [2.05, 4.69) is 20.8 Å². The van der Waals surface area contributed by atoms with Crippen molar-refractivity contribution in [3.63, 3.8) is 0 Å². The summed E-state index contributed by atoms with van der Waals surface area (Å²) in [5.74, 6) is 0.241. The van der Waals surface area contributed by atoms with Gasteiger partial charge in [-0.2, -0.15) is 0 Å². The van der Waals surface area contributed by atoms with E-state index in [1.165, 1.54) is 0 Å². The molecule has 13 heteroatoms. The molecule has 31 heavy (non-hydrogen) atoms. The highest BCUT2D eigenvalue weighted by Gasteiger charge is 2.50. The molecule has 2 aromatic rings. The third kappa shape index (κ3) is 3.78. The van der Waals surface area contributed by atoms with E-state index < -0.39 is 18.5 Å². The number of tetrazole rings is 1. The summed E-state index contributed by atoms with van der Waals surface area (Å²) in [6.45, 7) is -0.171. The van der Waals surface area contributed by atoms with Crippen molar-refractivity contribution in [2.45, 2.75) is 24.3 Å². The molecule has 4 heterocycles. The molecule has 13 nitrogen and oxygen atoms in total. The molecule has 3 aliphatic rings. The summed E-state index contributed by atoms with van der Waals surface area (Å²) in [5, 5.41) is 23.4. The van der Waals surface area contributed by atoms with Crippen LogP contribution < -0.4 is 14.8 Å². The Morgan fingerprint density at radius 3 is 2.87 bits per heavy atom. The minimum Gasteiger partial charge on any atom is -0.480 e. The maximum atomic E-state index is 12.0. The molecular weight excluding hydrogens is 414 g/mol. The molecule has 1 amide bonds. The summed E-state index contributed by atoms with van der Waals surface area (Å²) in [6, 6.07) is 4.79. The highest BCUT2D eigenvalue weighted by molar-refractivity contribution is 5.78. The first-order chi connectivity index (χ1) is 15.1. The van der Waals surface area contributed by atoms with Gasteiger partial charge in [-0.25, -0.2) is 9.48 Å². The van der Waals surface area contributed by atoms with E-state index in [-0.39, 0.29) is 44.3 Å². The van der Waals surface area contributed by atoms with Crippen molar-refractivity contribution in [3.8, 4) is 22.9 Å². The zero-order valence-corrected chi connectivity index (χ0v) is 16.2. The number of fused-ring (bicyclic) bond motifs is 2. The second-order valence-corrected chi connectivity index (χ2v) is 7.24. The number of carbonyl (C=O) groups excluding carboxylic acids is 1. The molecule has 0 spiro atoms. The van der Waals surface area contributed by atoms with Gasteiger partial charge in [-0.05, 0) is 28.6 Å². The zero-order valence-electron chi connectivity index (χ0n) is 16.2. The number of nitrogens with zero attached hydrogens (tertiary/aromatic N) is 4. The first-order valence-electron chi connectivity index (χ1n) is 9.60. The van der Waals surface area contributed by atoms with Gasteiger partial charge in [0.15, 0.2) is 17.3 Å². The molecule has 4 atom stereocenters. The molecule has 164 valence electrons. The van der Waals surface area contributed by atoms with Crippen LogP contribution in [0.5, 0.6) is 11.5 Å². The minimum atomic E-state index is -1.14. The summed E-state index contributed by atoms with van der Waals surface area (Å²) >= 11 is 0. The highest BCUT2D eigenvalue weighted by atomic mass is 16.7. The quantitative estimate of drug-likeness (QED) is 0.552. The van der Waals surface area contributed by atoms with Gasteiger partial charge in [0.25, 0.3) is 0 Å². The molecule has 2 fully saturated rings. The lowest BCUT2D eigenvalue weighted by Crippen LogP contribution is -2.45. The number of carboxylic acids is 1. The van der Waals surface area contributed by atoms with Gasteiger partial charge in [-0.3, -0.25) is 4.79 Å². The molecule has 1 aromatic heterocycles. The summed E-state index contributed by atoms with van der Waals surface area (Å²) in [6.07, 6.45) is -0.747. The molecule has 0 aliphatic carbocycles. The zero-order chi connectivity index (χ0) is 21.4. The Balaban J connectivity index is 1.27. The van der Waals surface area contributed by atoms with Crippen molar-refractivity contribution in [2.24, 2.45) is 0 Å². The lowest BCUT2D eigenvalue weighted by Gasteiger charge is -2.18. The normalized spacial score (nSPS) is 26.1. The fraction of sp³-hybridized carbons (Fsp3) is 0.500. The number of hydrogen-bond donors (Lipinski definition) is 2. The fourth-order valence-electron chi connectivity index (χ4n) is 3.93. The van der Waals surface area contributed by atoms with Gasteiger partial charge in [-0.1, -0.05) is 0 Å². The van der Waals surface area contributed by atoms with E-state index in [0.717, 1.165) is 5.56 Å². The number of benzene rings is 1. The van der Waals surface area contributed by atoms with Crippen LogP contribution >= 0.6 is 0 Å². The van der Waals surface area contributed by atoms with E-state index in [4.69, 9.17) is 28.8 Å². The van der Waals surface area contributed by atoms with E-state index in [9.17, 15) is 9.59 Å². The van der Waals surface area contributed by atoms with Crippen molar-refractivity contribution in [3.05, 3.63) is 18.2 Å². The molecule has 2 saturated heterocycles. The second kappa shape index (κ2) is 8.09. The maximum absolute atomic E-state index is 12.0. The van der Waals surface area contributed by atoms with Crippen LogP contribution in [-0.2, 0) is 23.8 Å². The summed E-state index contributed by atoms with van der Waals surface area (Å²) in [5.41, 5.74) is 0.760. The van der Waals surface area contributed by atoms with Gasteiger partial charge in [0, 0.05) is 5.56 Å². The molecule has 0 bridgehead atoms. The summed E-state index contributed by atoms with van der Waals surface area (Å²) in [7, 11) is 0. The van der Waals surface area contributed by atoms with Crippen molar-refractivity contribution in [2.75, 3.05) is 33.2 Å². The number of amides is 1. The number of nitrogens with one attached hydrogen (secondary N) is 1. The Morgan fingerprint density at radius 2 is 2.00 bits per heavy atom. The van der Waals surface area contributed by atoms with Crippen LogP contribution in [0.15, 0.2) is 18.2 Å². The van der Waals surface area contributed by atoms with Crippen LogP contribution in [0.4, 0.5) is 0 Å². The number of aliphatic carboxylic acids is 1. The molecule has 1 aromatic carbocycles. The van der Waals surface area contributed by atoms with E-state index >= 15 is 0 Å². The lowest BCUT2D eigenvalue weighted by molar-refractivity contribution is -0.143. The predicted octanol–water partition coefficient (Wildman–Crippen LogP) is -1.01. The third-order valence-corrected chi connectivity index (χ3v) is 5.27. The summed E-state index contributed by atoms with van der Waals surface area (Å²) < 4.78 is 29.0. The number of carbonyl (C=O) groups is 2. The Labute approximate surface area is 175 Å². The van der Waals surface area contributed by atoms with Crippen molar-refractivity contribution in [1.82, 2.24) is 25.5 Å². The first kappa shape index (κ1) is 19.7. The molecular formula is C18H19N5O8. The van der Waals surface area contributed by atoms with Crippen molar-refractivity contribution < 1.29 is 38.4 Å². The van der Waals surface area contributed by atoms with Crippen LogP contribution in [0.25, 0.3) is 11.4 Å². The van der Waals surface area contributed by atoms with Gasteiger partial charge in [0.1, 0.15) is 31.5 Å². The van der Waals surface area contributed by atoms with Crippen LogP contribution in [0.3, 0.4) is 0 Å². The largest absolute Gasteiger partial charge is 0.480 e. The van der Waals surface area contributed by atoms with Crippen LogP contribution in [0.2, 0.25) is 0 Å². The fourth-order valence-corrected chi connectivity index (χ4v) is 3.93. The van der Waals surface area contributed by atoms with E-state index in [1.807, 2.05) is 12.1 Å². The Kier molecular flexibility index (Phi) is 5.13. The van der Waals surface area contributed by atoms with Gasteiger partial charge in [-0.15, -0.1) is 5.10 Å². The maximum Gasteiger partial charge on any atom is 0.329 e. The smallest absolute Gasteiger partial charge is 0.329 e. The number of rotatable bonds is 7. The number of carboxylic acid groups (broad SMARTS) is 1. The molecule has 5 rings (SSSR count). The molecule has 3 aliphatic heterocycles.